The first kappa shape index (κ1) is 15.0. The van der Waals surface area contributed by atoms with Gasteiger partial charge in [-0.1, -0.05) is 0 Å². The molecule has 0 unspecified atom stereocenters. The van der Waals surface area contributed by atoms with E-state index in [1.54, 1.807) is 0 Å². The molecule has 0 bridgehead atoms. The van der Waals surface area contributed by atoms with Crippen molar-refractivity contribution in [2.24, 2.45) is 0 Å². The SMILES string of the molecule is CN(C)c1ccnc(N2CCN(c3ccc(Br)cn3)CC2)n1. The van der Waals surface area contributed by atoms with Gasteiger partial charge in [-0.05, 0) is 34.1 Å². The molecule has 1 aliphatic heterocycles. The summed E-state index contributed by atoms with van der Waals surface area (Å²) in [5.74, 6) is 2.75. The molecule has 116 valence electrons. The lowest BCUT2D eigenvalue weighted by atomic mass is 10.3. The second-order valence-electron chi connectivity index (χ2n) is 5.42. The lowest BCUT2D eigenvalue weighted by Gasteiger charge is -2.35. The van der Waals surface area contributed by atoms with Gasteiger partial charge in [0, 0.05) is 57.1 Å². The summed E-state index contributed by atoms with van der Waals surface area (Å²) < 4.78 is 1.00. The zero-order valence-electron chi connectivity index (χ0n) is 12.8. The molecule has 0 amide bonds. The number of piperazine rings is 1. The molecule has 1 aliphatic rings. The minimum atomic E-state index is 0.801. The number of hydrogen-bond donors (Lipinski definition) is 0. The van der Waals surface area contributed by atoms with Crippen LogP contribution in [0.15, 0.2) is 35.1 Å². The van der Waals surface area contributed by atoms with Crippen LogP contribution in [0.4, 0.5) is 17.6 Å². The van der Waals surface area contributed by atoms with Gasteiger partial charge < -0.3 is 14.7 Å². The largest absolute Gasteiger partial charge is 0.363 e. The van der Waals surface area contributed by atoms with Gasteiger partial charge in [0.25, 0.3) is 0 Å². The normalized spacial score (nSPS) is 15.0. The van der Waals surface area contributed by atoms with E-state index in [1.165, 1.54) is 0 Å². The molecule has 2 aromatic heterocycles. The predicted molar refractivity (Wildman–Crippen MR) is 92.7 cm³/mol. The van der Waals surface area contributed by atoms with Crippen molar-refractivity contribution in [2.75, 3.05) is 55.0 Å². The molecule has 0 spiro atoms. The molecule has 1 saturated heterocycles. The van der Waals surface area contributed by atoms with E-state index in [9.17, 15) is 0 Å². The number of hydrogen-bond acceptors (Lipinski definition) is 6. The van der Waals surface area contributed by atoms with Crippen LogP contribution in [0, 0.1) is 0 Å². The zero-order valence-corrected chi connectivity index (χ0v) is 14.4. The first-order valence-corrected chi connectivity index (χ1v) is 8.04. The Hall–Kier alpha value is -1.89. The van der Waals surface area contributed by atoms with Crippen LogP contribution in [0.2, 0.25) is 0 Å². The summed E-state index contributed by atoms with van der Waals surface area (Å²) in [5, 5.41) is 0. The maximum Gasteiger partial charge on any atom is 0.227 e. The fourth-order valence-electron chi connectivity index (χ4n) is 2.43. The molecular formula is C15H19BrN6. The average molecular weight is 363 g/mol. The van der Waals surface area contributed by atoms with Gasteiger partial charge in [-0.2, -0.15) is 4.98 Å². The van der Waals surface area contributed by atoms with Gasteiger partial charge in [-0.3, -0.25) is 0 Å². The Kier molecular flexibility index (Phi) is 4.42. The molecule has 0 radical (unpaired) electrons. The third-order valence-electron chi connectivity index (χ3n) is 3.68. The molecule has 22 heavy (non-hydrogen) atoms. The highest BCUT2D eigenvalue weighted by molar-refractivity contribution is 9.10. The van der Waals surface area contributed by atoms with Crippen molar-refractivity contribution in [1.29, 1.82) is 0 Å². The fourth-order valence-corrected chi connectivity index (χ4v) is 2.67. The Morgan fingerprint density at radius 3 is 2.36 bits per heavy atom. The molecule has 1 fully saturated rings. The lowest BCUT2D eigenvalue weighted by Crippen LogP contribution is -2.47. The van der Waals surface area contributed by atoms with Crippen LogP contribution < -0.4 is 14.7 Å². The van der Waals surface area contributed by atoms with Crippen molar-refractivity contribution < 1.29 is 0 Å². The summed E-state index contributed by atoms with van der Waals surface area (Å²) in [6.45, 7) is 3.64. The van der Waals surface area contributed by atoms with Crippen molar-refractivity contribution in [3.63, 3.8) is 0 Å². The second kappa shape index (κ2) is 6.48. The minimum absolute atomic E-state index is 0.801. The van der Waals surface area contributed by atoms with E-state index < -0.39 is 0 Å². The van der Waals surface area contributed by atoms with E-state index in [1.807, 2.05) is 49.6 Å². The number of pyridine rings is 1. The number of anilines is 3. The topological polar surface area (TPSA) is 48.4 Å². The molecular weight excluding hydrogens is 344 g/mol. The Labute approximate surface area is 138 Å². The van der Waals surface area contributed by atoms with Crippen LogP contribution in [0.25, 0.3) is 0 Å². The molecule has 0 saturated carbocycles. The summed E-state index contributed by atoms with van der Waals surface area (Å²) in [6, 6.07) is 5.99. The number of nitrogens with zero attached hydrogens (tertiary/aromatic N) is 6. The monoisotopic (exact) mass is 362 g/mol. The van der Waals surface area contributed by atoms with Gasteiger partial charge in [-0.15, -0.1) is 0 Å². The third-order valence-corrected chi connectivity index (χ3v) is 4.15. The third kappa shape index (κ3) is 3.30. The van der Waals surface area contributed by atoms with Gasteiger partial charge in [0.05, 0.1) is 0 Å². The molecule has 2 aromatic rings. The van der Waals surface area contributed by atoms with Gasteiger partial charge in [0.2, 0.25) is 5.95 Å². The summed E-state index contributed by atoms with van der Waals surface area (Å²) in [5.41, 5.74) is 0. The molecule has 0 N–H and O–H groups in total. The molecule has 6 nitrogen and oxygen atoms in total. The first-order valence-electron chi connectivity index (χ1n) is 7.25. The molecule has 0 atom stereocenters. The van der Waals surface area contributed by atoms with E-state index in [2.05, 4.69) is 40.7 Å². The van der Waals surface area contributed by atoms with Crippen molar-refractivity contribution in [1.82, 2.24) is 15.0 Å². The molecule has 0 aliphatic carbocycles. The summed E-state index contributed by atoms with van der Waals surface area (Å²) in [7, 11) is 3.98. The molecule has 0 aromatic carbocycles. The summed E-state index contributed by atoms with van der Waals surface area (Å²) in [4.78, 5) is 20.0. The van der Waals surface area contributed by atoms with Crippen molar-refractivity contribution >= 4 is 33.5 Å². The van der Waals surface area contributed by atoms with E-state index in [0.717, 1.165) is 48.2 Å². The van der Waals surface area contributed by atoms with E-state index >= 15 is 0 Å². The predicted octanol–water partition coefficient (Wildman–Crippen LogP) is 2.03. The van der Waals surface area contributed by atoms with Crippen LogP contribution in [-0.2, 0) is 0 Å². The Morgan fingerprint density at radius 2 is 1.73 bits per heavy atom. The number of halogens is 1. The number of aromatic nitrogens is 3. The highest BCUT2D eigenvalue weighted by atomic mass is 79.9. The summed E-state index contributed by atoms with van der Waals surface area (Å²) >= 11 is 3.42. The second-order valence-corrected chi connectivity index (χ2v) is 6.33. The molecule has 7 heteroatoms. The number of rotatable bonds is 3. The maximum atomic E-state index is 4.61. The van der Waals surface area contributed by atoms with E-state index in [0.29, 0.717) is 0 Å². The van der Waals surface area contributed by atoms with Gasteiger partial charge in [0.15, 0.2) is 0 Å². The van der Waals surface area contributed by atoms with E-state index in [4.69, 9.17) is 0 Å². The zero-order chi connectivity index (χ0) is 15.5. The van der Waals surface area contributed by atoms with E-state index in [-0.39, 0.29) is 0 Å². The van der Waals surface area contributed by atoms with Crippen LogP contribution in [0.1, 0.15) is 0 Å². The first-order chi connectivity index (χ1) is 10.6. The van der Waals surface area contributed by atoms with Crippen LogP contribution >= 0.6 is 15.9 Å². The fraction of sp³-hybridized carbons (Fsp3) is 0.400. The Balaban J connectivity index is 1.66. The van der Waals surface area contributed by atoms with Gasteiger partial charge in [0.1, 0.15) is 11.6 Å². The van der Waals surface area contributed by atoms with Gasteiger partial charge >= 0.3 is 0 Å². The van der Waals surface area contributed by atoms with Crippen molar-refractivity contribution in [2.45, 2.75) is 0 Å². The molecule has 3 rings (SSSR count). The highest BCUT2D eigenvalue weighted by Crippen LogP contribution is 2.19. The Bertz CT molecular complexity index is 622. The standard InChI is InChI=1S/C15H19BrN6/c1-20(2)14-5-6-17-15(19-14)22-9-7-21(8-10-22)13-4-3-12(16)11-18-13/h3-6,11H,7-10H2,1-2H3. The van der Waals surface area contributed by atoms with Crippen molar-refractivity contribution in [3.05, 3.63) is 35.1 Å². The maximum absolute atomic E-state index is 4.61. The smallest absolute Gasteiger partial charge is 0.227 e. The van der Waals surface area contributed by atoms with Crippen LogP contribution in [0.3, 0.4) is 0 Å². The quantitative estimate of drug-likeness (QED) is 0.832. The average Bonchev–Trinajstić information content (AvgIpc) is 2.56. The van der Waals surface area contributed by atoms with Crippen molar-refractivity contribution in [3.8, 4) is 0 Å². The van der Waals surface area contributed by atoms with Gasteiger partial charge in [-0.25, -0.2) is 9.97 Å². The Morgan fingerprint density at radius 1 is 1.00 bits per heavy atom. The lowest BCUT2D eigenvalue weighted by molar-refractivity contribution is 0.634. The highest BCUT2D eigenvalue weighted by Gasteiger charge is 2.20. The minimum Gasteiger partial charge on any atom is -0.363 e. The molecule has 3 heterocycles. The van der Waals surface area contributed by atoms with Crippen LogP contribution in [-0.4, -0.2) is 55.2 Å². The van der Waals surface area contributed by atoms with Crippen LogP contribution in [0.5, 0.6) is 0 Å². The summed E-state index contributed by atoms with van der Waals surface area (Å²) in [6.07, 6.45) is 3.66.